The van der Waals surface area contributed by atoms with Crippen molar-refractivity contribution in [2.45, 2.75) is 45.6 Å². The Balaban J connectivity index is 1.77. The second-order valence-corrected chi connectivity index (χ2v) is 6.72. The number of hydrogen-bond acceptors (Lipinski definition) is 2. The molecule has 0 unspecified atom stereocenters. The molecule has 26 heavy (non-hydrogen) atoms. The highest BCUT2D eigenvalue weighted by molar-refractivity contribution is 5.98. The average molecular weight is 350 g/mol. The minimum atomic E-state index is -0.0598. The largest absolute Gasteiger partial charge is 0.345 e. The lowest BCUT2D eigenvalue weighted by molar-refractivity contribution is -0.118. The van der Waals surface area contributed by atoms with Crippen molar-refractivity contribution in [2.24, 2.45) is 0 Å². The van der Waals surface area contributed by atoms with E-state index in [1.54, 1.807) is 0 Å². The maximum Gasteiger partial charge on any atom is 0.251 e. The summed E-state index contributed by atoms with van der Waals surface area (Å²) in [6.07, 6.45) is 3.20. The van der Waals surface area contributed by atoms with Gasteiger partial charge in [0.1, 0.15) is 0 Å². The molecule has 1 N–H and O–H groups in total. The molecule has 0 radical (unpaired) electrons. The molecule has 2 aromatic rings. The summed E-state index contributed by atoms with van der Waals surface area (Å²) in [6.45, 7) is 4.70. The fourth-order valence-electron chi connectivity index (χ4n) is 3.53. The highest BCUT2D eigenvalue weighted by Crippen LogP contribution is 2.29. The van der Waals surface area contributed by atoms with Gasteiger partial charge in [0.05, 0.1) is 6.04 Å². The fourth-order valence-corrected chi connectivity index (χ4v) is 3.53. The number of nitrogens with zero attached hydrogens (tertiary/aromatic N) is 1. The second kappa shape index (κ2) is 8.17. The monoisotopic (exact) mass is 350 g/mol. The summed E-state index contributed by atoms with van der Waals surface area (Å²) in [5.74, 6) is 0.0726. The van der Waals surface area contributed by atoms with Gasteiger partial charge in [-0.1, -0.05) is 50.6 Å². The number of rotatable bonds is 6. The maximum atomic E-state index is 12.8. The van der Waals surface area contributed by atoms with Crippen LogP contribution in [0.25, 0.3) is 0 Å². The molecule has 2 aromatic carbocycles. The van der Waals surface area contributed by atoms with Crippen molar-refractivity contribution in [1.29, 1.82) is 0 Å². The number of nitrogens with one attached hydrogen (secondary N) is 1. The van der Waals surface area contributed by atoms with Crippen LogP contribution in [0.2, 0.25) is 0 Å². The smallest absolute Gasteiger partial charge is 0.251 e. The van der Waals surface area contributed by atoms with Gasteiger partial charge in [-0.3, -0.25) is 9.59 Å². The molecule has 2 amide bonds. The summed E-state index contributed by atoms with van der Waals surface area (Å²) in [4.78, 5) is 26.6. The average Bonchev–Trinajstić information content (AvgIpc) is 3.11. The van der Waals surface area contributed by atoms with E-state index in [9.17, 15) is 9.59 Å². The summed E-state index contributed by atoms with van der Waals surface area (Å²) in [7, 11) is 0. The molecule has 0 bridgehead atoms. The van der Waals surface area contributed by atoms with E-state index in [4.69, 9.17) is 0 Å². The highest BCUT2D eigenvalue weighted by atomic mass is 16.2. The first-order valence-electron chi connectivity index (χ1n) is 9.43. The molecule has 0 aliphatic carbocycles. The molecule has 136 valence electrons. The summed E-state index contributed by atoms with van der Waals surface area (Å²) in [5, 5.41) is 3.17. The lowest BCUT2D eigenvalue weighted by Crippen LogP contribution is -2.29. The molecule has 0 aromatic heterocycles. The lowest BCUT2D eigenvalue weighted by atomic mass is 10.0. The zero-order valence-corrected chi connectivity index (χ0v) is 15.5. The zero-order valence-electron chi connectivity index (χ0n) is 15.5. The van der Waals surface area contributed by atoms with Crippen LogP contribution in [0.15, 0.2) is 48.5 Å². The number of fused-ring (bicyclic) bond motifs is 1. The van der Waals surface area contributed by atoms with E-state index < -0.39 is 0 Å². The molecule has 3 rings (SSSR count). The normalized spacial score (nSPS) is 14.0. The zero-order chi connectivity index (χ0) is 18.5. The van der Waals surface area contributed by atoms with Crippen molar-refractivity contribution in [1.82, 2.24) is 5.32 Å². The Morgan fingerprint density at radius 3 is 2.58 bits per heavy atom. The van der Waals surface area contributed by atoms with Gasteiger partial charge < -0.3 is 10.2 Å². The number of amides is 2. The SMILES string of the molecule is CCC[C@@H](NC(=O)c1ccc2c(c1)CCN2C(=O)CC)c1ccccc1. The topological polar surface area (TPSA) is 49.4 Å². The van der Waals surface area contributed by atoms with Gasteiger partial charge in [-0.25, -0.2) is 0 Å². The third-order valence-electron chi connectivity index (χ3n) is 4.93. The Hall–Kier alpha value is -2.62. The van der Waals surface area contributed by atoms with Gasteiger partial charge >= 0.3 is 0 Å². The van der Waals surface area contributed by atoms with Gasteiger partial charge in [0.15, 0.2) is 0 Å². The van der Waals surface area contributed by atoms with Gasteiger partial charge in [-0.05, 0) is 42.2 Å². The van der Waals surface area contributed by atoms with Crippen LogP contribution < -0.4 is 10.2 Å². The maximum absolute atomic E-state index is 12.8. The van der Waals surface area contributed by atoms with Gasteiger partial charge in [0.2, 0.25) is 5.91 Å². The highest BCUT2D eigenvalue weighted by Gasteiger charge is 2.25. The Labute approximate surface area is 155 Å². The van der Waals surface area contributed by atoms with E-state index in [0.717, 1.165) is 36.1 Å². The van der Waals surface area contributed by atoms with Crippen molar-refractivity contribution < 1.29 is 9.59 Å². The number of carbonyl (C=O) groups excluding carboxylic acids is 2. The van der Waals surface area contributed by atoms with Crippen molar-refractivity contribution in [3.05, 3.63) is 65.2 Å². The molecule has 1 aliphatic rings. The third kappa shape index (κ3) is 3.79. The number of benzene rings is 2. The summed E-state index contributed by atoms with van der Waals surface area (Å²) >= 11 is 0. The minimum absolute atomic E-state index is 0.0140. The van der Waals surface area contributed by atoms with Crippen LogP contribution in [0.1, 0.15) is 60.6 Å². The van der Waals surface area contributed by atoms with Gasteiger partial charge in [0, 0.05) is 24.2 Å². The van der Waals surface area contributed by atoms with Crippen molar-refractivity contribution in [3.8, 4) is 0 Å². The molecule has 4 heteroatoms. The summed E-state index contributed by atoms with van der Waals surface area (Å²) in [6, 6.07) is 15.8. The molecule has 0 fully saturated rings. The third-order valence-corrected chi connectivity index (χ3v) is 4.93. The van der Waals surface area contributed by atoms with Crippen LogP contribution in [0.5, 0.6) is 0 Å². The number of carbonyl (C=O) groups is 2. The van der Waals surface area contributed by atoms with Crippen LogP contribution >= 0.6 is 0 Å². The Morgan fingerprint density at radius 1 is 1.12 bits per heavy atom. The first-order chi connectivity index (χ1) is 12.6. The van der Waals surface area contributed by atoms with E-state index in [-0.39, 0.29) is 17.9 Å². The van der Waals surface area contributed by atoms with E-state index in [1.807, 2.05) is 48.2 Å². The van der Waals surface area contributed by atoms with E-state index in [2.05, 4.69) is 24.4 Å². The molecule has 0 spiro atoms. The molecule has 4 nitrogen and oxygen atoms in total. The van der Waals surface area contributed by atoms with E-state index in [0.29, 0.717) is 18.5 Å². The second-order valence-electron chi connectivity index (χ2n) is 6.72. The summed E-state index contributed by atoms with van der Waals surface area (Å²) < 4.78 is 0. The molecule has 1 atom stereocenters. The van der Waals surface area contributed by atoms with Crippen molar-refractivity contribution in [2.75, 3.05) is 11.4 Å². The quantitative estimate of drug-likeness (QED) is 0.846. The predicted octanol–water partition coefficient (Wildman–Crippen LogP) is 4.26. The van der Waals surface area contributed by atoms with Crippen molar-refractivity contribution >= 4 is 17.5 Å². The van der Waals surface area contributed by atoms with Crippen LogP contribution in [0, 0.1) is 0 Å². The van der Waals surface area contributed by atoms with Crippen LogP contribution in [-0.4, -0.2) is 18.4 Å². The fraction of sp³-hybridized carbons (Fsp3) is 0.364. The van der Waals surface area contributed by atoms with Crippen molar-refractivity contribution in [3.63, 3.8) is 0 Å². The number of hydrogen-bond donors (Lipinski definition) is 1. The van der Waals surface area contributed by atoms with E-state index in [1.165, 1.54) is 0 Å². The summed E-state index contributed by atoms with van der Waals surface area (Å²) in [5.41, 5.74) is 3.81. The molecule has 0 saturated heterocycles. The minimum Gasteiger partial charge on any atom is -0.345 e. The Bertz CT molecular complexity index is 786. The molecular formula is C22H26N2O2. The Kier molecular flexibility index (Phi) is 5.71. The van der Waals surface area contributed by atoms with Crippen LogP contribution in [0.3, 0.4) is 0 Å². The lowest BCUT2D eigenvalue weighted by Gasteiger charge is -2.19. The van der Waals surface area contributed by atoms with Gasteiger partial charge in [-0.15, -0.1) is 0 Å². The predicted molar refractivity (Wildman–Crippen MR) is 104 cm³/mol. The molecule has 1 aliphatic heterocycles. The Morgan fingerprint density at radius 2 is 1.88 bits per heavy atom. The first kappa shape index (κ1) is 18.2. The standard InChI is InChI=1S/C22H26N2O2/c1-3-8-19(16-9-6-5-7-10-16)23-22(26)18-11-12-20-17(15-18)13-14-24(20)21(25)4-2/h5-7,9-12,15,19H,3-4,8,13-14H2,1-2H3,(H,23,26)/t19-/m1/s1. The molecule has 0 saturated carbocycles. The van der Waals surface area contributed by atoms with Gasteiger partial charge in [-0.2, -0.15) is 0 Å². The van der Waals surface area contributed by atoms with E-state index >= 15 is 0 Å². The first-order valence-corrected chi connectivity index (χ1v) is 9.43. The molecule has 1 heterocycles. The van der Waals surface area contributed by atoms with Gasteiger partial charge in [0.25, 0.3) is 5.91 Å². The van der Waals surface area contributed by atoms with Crippen LogP contribution in [0.4, 0.5) is 5.69 Å². The molecular weight excluding hydrogens is 324 g/mol. The number of anilines is 1. The van der Waals surface area contributed by atoms with Crippen LogP contribution in [-0.2, 0) is 11.2 Å².